The van der Waals surface area contributed by atoms with Gasteiger partial charge in [0.1, 0.15) is 29.9 Å². The minimum atomic E-state index is -0.850. The van der Waals surface area contributed by atoms with Crippen LogP contribution in [0.2, 0.25) is 0 Å². The molecule has 6 nitrogen and oxygen atoms in total. The first-order valence-electron chi connectivity index (χ1n) is 6.58. The third kappa shape index (κ3) is 4.06. The number of anilines is 1. The second-order valence-electron chi connectivity index (χ2n) is 4.71. The number of benzene rings is 1. The Labute approximate surface area is 122 Å². The fourth-order valence-corrected chi connectivity index (χ4v) is 1.95. The van der Waals surface area contributed by atoms with Crippen molar-refractivity contribution in [2.45, 2.75) is 26.9 Å². The van der Waals surface area contributed by atoms with Gasteiger partial charge < -0.3 is 19.6 Å². The van der Waals surface area contributed by atoms with E-state index in [-0.39, 0.29) is 12.5 Å². The molecular weight excluding hydrogens is 272 g/mol. The van der Waals surface area contributed by atoms with Crippen molar-refractivity contribution in [1.29, 1.82) is 0 Å². The number of amides is 1. The quantitative estimate of drug-likeness (QED) is 0.883. The number of aliphatic hydroxyl groups excluding tert-OH is 1. The highest BCUT2D eigenvalue weighted by molar-refractivity contribution is 5.88. The molecule has 0 fully saturated rings. The Kier molecular flexibility index (Phi) is 4.59. The second-order valence-corrected chi connectivity index (χ2v) is 4.71. The molecule has 2 N–H and O–H groups in total. The van der Waals surface area contributed by atoms with Gasteiger partial charge in [0.2, 0.25) is 5.91 Å². The van der Waals surface area contributed by atoms with Crippen LogP contribution in [0.5, 0.6) is 5.75 Å². The first-order valence-corrected chi connectivity index (χ1v) is 6.58. The van der Waals surface area contributed by atoms with Crippen LogP contribution in [-0.2, 0) is 4.79 Å². The molecule has 0 aliphatic heterocycles. The molecule has 1 amide bonds. The number of nitrogens with one attached hydrogen (secondary N) is 1. The Bertz CT molecular complexity index is 619. The number of oxazole rings is 1. The summed E-state index contributed by atoms with van der Waals surface area (Å²) in [6.45, 7) is 5.00. The SMILES string of the molecule is CC(=O)Nc1ccc(OCC(O)c2nc(C)oc2C)cc1. The molecule has 0 spiro atoms. The van der Waals surface area contributed by atoms with Crippen LogP contribution in [-0.4, -0.2) is 22.6 Å². The number of rotatable bonds is 5. The molecule has 1 heterocycles. The highest BCUT2D eigenvalue weighted by atomic mass is 16.5. The predicted molar refractivity (Wildman–Crippen MR) is 77.2 cm³/mol. The minimum absolute atomic E-state index is 0.0757. The number of aryl methyl sites for hydroxylation is 2. The van der Waals surface area contributed by atoms with Gasteiger partial charge in [-0.05, 0) is 31.2 Å². The van der Waals surface area contributed by atoms with Crippen molar-refractivity contribution in [2.24, 2.45) is 0 Å². The van der Waals surface area contributed by atoms with Gasteiger partial charge in [0.05, 0.1) is 0 Å². The largest absolute Gasteiger partial charge is 0.490 e. The second kappa shape index (κ2) is 6.41. The van der Waals surface area contributed by atoms with Crippen LogP contribution in [0.1, 0.15) is 30.4 Å². The molecule has 1 aromatic carbocycles. The van der Waals surface area contributed by atoms with E-state index >= 15 is 0 Å². The maximum Gasteiger partial charge on any atom is 0.221 e. The van der Waals surface area contributed by atoms with Crippen molar-refractivity contribution in [1.82, 2.24) is 4.98 Å². The molecule has 0 saturated carbocycles. The number of aromatic nitrogens is 1. The number of nitrogens with zero attached hydrogens (tertiary/aromatic N) is 1. The molecule has 112 valence electrons. The van der Waals surface area contributed by atoms with Gasteiger partial charge in [-0.15, -0.1) is 0 Å². The molecule has 1 unspecified atom stereocenters. The van der Waals surface area contributed by atoms with Crippen LogP contribution in [0.4, 0.5) is 5.69 Å². The van der Waals surface area contributed by atoms with Crippen molar-refractivity contribution in [2.75, 3.05) is 11.9 Å². The molecule has 0 saturated heterocycles. The average Bonchev–Trinajstić information content (AvgIpc) is 2.76. The maximum absolute atomic E-state index is 10.9. The monoisotopic (exact) mass is 290 g/mol. The van der Waals surface area contributed by atoms with Crippen LogP contribution in [0, 0.1) is 13.8 Å². The van der Waals surface area contributed by atoms with Gasteiger partial charge >= 0.3 is 0 Å². The zero-order valence-electron chi connectivity index (χ0n) is 12.2. The zero-order valence-corrected chi connectivity index (χ0v) is 12.2. The van der Waals surface area contributed by atoms with Crippen molar-refractivity contribution in [3.05, 3.63) is 41.6 Å². The van der Waals surface area contributed by atoms with E-state index in [1.807, 2.05) is 0 Å². The van der Waals surface area contributed by atoms with Gasteiger partial charge in [-0.1, -0.05) is 0 Å². The van der Waals surface area contributed by atoms with Gasteiger partial charge in [-0.2, -0.15) is 0 Å². The number of ether oxygens (including phenoxy) is 1. The third-order valence-electron chi connectivity index (χ3n) is 2.84. The summed E-state index contributed by atoms with van der Waals surface area (Å²) in [5.41, 5.74) is 1.18. The average molecular weight is 290 g/mol. The predicted octanol–water partition coefficient (Wildman–Crippen LogP) is 2.36. The number of hydrogen-bond donors (Lipinski definition) is 2. The van der Waals surface area contributed by atoms with Crippen LogP contribution < -0.4 is 10.1 Å². The molecule has 21 heavy (non-hydrogen) atoms. The van der Waals surface area contributed by atoms with E-state index in [9.17, 15) is 9.90 Å². The first kappa shape index (κ1) is 15.1. The number of aliphatic hydroxyl groups is 1. The van der Waals surface area contributed by atoms with Gasteiger partial charge in [-0.3, -0.25) is 4.79 Å². The highest BCUT2D eigenvalue weighted by Gasteiger charge is 2.17. The van der Waals surface area contributed by atoms with Crippen LogP contribution in [0.3, 0.4) is 0 Å². The Morgan fingerprint density at radius 3 is 2.57 bits per heavy atom. The summed E-state index contributed by atoms with van der Waals surface area (Å²) in [5, 5.41) is 12.7. The number of carbonyl (C=O) groups excluding carboxylic acids is 1. The minimum Gasteiger partial charge on any atom is -0.490 e. The molecule has 6 heteroatoms. The van der Waals surface area contributed by atoms with E-state index in [0.29, 0.717) is 28.8 Å². The summed E-state index contributed by atoms with van der Waals surface area (Å²) < 4.78 is 10.8. The Hall–Kier alpha value is -2.34. The van der Waals surface area contributed by atoms with Crippen molar-refractivity contribution in [3.8, 4) is 5.75 Å². The normalized spacial score (nSPS) is 12.0. The smallest absolute Gasteiger partial charge is 0.221 e. The lowest BCUT2D eigenvalue weighted by Crippen LogP contribution is -2.11. The van der Waals surface area contributed by atoms with E-state index in [2.05, 4.69) is 10.3 Å². The number of carbonyl (C=O) groups is 1. The molecule has 2 rings (SSSR count). The lowest BCUT2D eigenvalue weighted by molar-refractivity contribution is -0.114. The third-order valence-corrected chi connectivity index (χ3v) is 2.84. The molecule has 0 aliphatic rings. The van der Waals surface area contributed by atoms with Crippen molar-refractivity contribution in [3.63, 3.8) is 0 Å². The van der Waals surface area contributed by atoms with E-state index in [1.54, 1.807) is 38.1 Å². The maximum atomic E-state index is 10.9. The van der Waals surface area contributed by atoms with Gasteiger partial charge in [-0.25, -0.2) is 4.98 Å². The molecule has 0 aliphatic carbocycles. The van der Waals surface area contributed by atoms with Crippen LogP contribution in [0.15, 0.2) is 28.7 Å². The summed E-state index contributed by atoms with van der Waals surface area (Å²) in [4.78, 5) is 15.0. The highest BCUT2D eigenvalue weighted by Crippen LogP contribution is 2.20. The zero-order chi connectivity index (χ0) is 15.4. The van der Waals surface area contributed by atoms with Gasteiger partial charge in [0, 0.05) is 19.5 Å². The summed E-state index contributed by atoms with van der Waals surface area (Å²) in [7, 11) is 0. The van der Waals surface area contributed by atoms with E-state index in [4.69, 9.17) is 9.15 Å². The van der Waals surface area contributed by atoms with Crippen molar-refractivity contribution >= 4 is 11.6 Å². The Balaban J connectivity index is 1.93. The fraction of sp³-hybridized carbons (Fsp3) is 0.333. The van der Waals surface area contributed by atoms with E-state index in [0.717, 1.165) is 0 Å². The molecule has 1 atom stereocenters. The molecule has 1 aromatic heterocycles. The van der Waals surface area contributed by atoms with E-state index < -0.39 is 6.10 Å². The van der Waals surface area contributed by atoms with Gasteiger partial charge in [0.25, 0.3) is 0 Å². The summed E-state index contributed by atoms with van der Waals surface area (Å²) in [6.07, 6.45) is -0.850. The lowest BCUT2D eigenvalue weighted by Gasteiger charge is -2.11. The van der Waals surface area contributed by atoms with Gasteiger partial charge in [0.15, 0.2) is 5.89 Å². The summed E-state index contributed by atoms with van der Waals surface area (Å²) >= 11 is 0. The molecule has 0 radical (unpaired) electrons. The number of hydrogen-bond acceptors (Lipinski definition) is 5. The van der Waals surface area contributed by atoms with E-state index in [1.165, 1.54) is 6.92 Å². The molecule has 0 bridgehead atoms. The topological polar surface area (TPSA) is 84.6 Å². The Morgan fingerprint density at radius 1 is 1.38 bits per heavy atom. The standard InChI is InChI=1S/C15H18N2O4/c1-9-15(17-11(3)21-9)14(19)8-20-13-6-4-12(5-7-13)16-10(2)18/h4-7,14,19H,8H2,1-3H3,(H,16,18). The molecule has 2 aromatic rings. The van der Waals surface area contributed by atoms with Crippen LogP contribution in [0.25, 0.3) is 0 Å². The fourth-order valence-electron chi connectivity index (χ4n) is 1.95. The summed E-state index contributed by atoms with van der Waals surface area (Å²) in [5.74, 6) is 1.57. The van der Waals surface area contributed by atoms with Crippen molar-refractivity contribution < 1.29 is 19.1 Å². The van der Waals surface area contributed by atoms with Crippen LogP contribution >= 0.6 is 0 Å². The lowest BCUT2D eigenvalue weighted by atomic mass is 10.2. The first-order chi connectivity index (χ1) is 9.95. The Morgan fingerprint density at radius 2 is 2.05 bits per heavy atom. The summed E-state index contributed by atoms with van der Waals surface area (Å²) in [6, 6.07) is 6.90. The molecular formula is C15H18N2O4.